The lowest BCUT2D eigenvalue weighted by atomic mass is 10.1. The van der Waals surface area contributed by atoms with E-state index in [2.05, 4.69) is 54.4 Å². The van der Waals surface area contributed by atoms with E-state index >= 15 is 0 Å². The van der Waals surface area contributed by atoms with Gasteiger partial charge in [0, 0.05) is 16.8 Å². The normalized spacial score (nSPS) is 13.2. The summed E-state index contributed by atoms with van der Waals surface area (Å²) in [5.74, 6) is -2.41. The number of nitrogen functional groups attached to an aromatic ring is 1. The molecule has 0 saturated carbocycles. The van der Waals surface area contributed by atoms with Crippen LogP contribution in [0.5, 0.6) is 0 Å². The minimum atomic E-state index is -5.29. The zero-order chi connectivity index (χ0) is 54.8. The van der Waals surface area contributed by atoms with Crippen molar-refractivity contribution in [3.05, 3.63) is 90.2 Å². The maximum atomic E-state index is 12.8. The molecular weight excluding hydrogens is 1160 g/mol. The van der Waals surface area contributed by atoms with Gasteiger partial charge in [0.25, 0.3) is 30.4 Å². The van der Waals surface area contributed by atoms with E-state index in [9.17, 15) is 72.6 Å². The van der Waals surface area contributed by atoms with Gasteiger partial charge in [-0.3, -0.25) is 22.8 Å². The fourth-order valence-corrected chi connectivity index (χ4v) is 11.1. The van der Waals surface area contributed by atoms with Crippen molar-refractivity contribution in [3.63, 3.8) is 0 Å². The van der Waals surface area contributed by atoms with Crippen molar-refractivity contribution >= 4 is 145 Å². The summed E-state index contributed by atoms with van der Waals surface area (Å²) in [5.41, 5.74) is 3.59. The largest absolute Gasteiger partial charge is 0.397 e. The van der Waals surface area contributed by atoms with E-state index in [4.69, 9.17) is 26.4 Å². The lowest BCUT2D eigenvalue weighted by Gasteiger charge is -2.11. The highest BCUT2D eigenvalue weighted by Gasteiger charge is 2.25. The molecule has 0 spiro atoms. The van der Waals surface area contributed by atoms with Crippen LogP contribution >= 0.6 is 11.6 Å². The molecule has 0 radical (unpaired) electrons. The summed E-state index contributed by atoms with van der Waals surface area (Å²) in [6, 6.07) is 14.1. The Kier molecular flexibility index (Phi) is 16.5. The van der Waals surface area contributed by atoms with E-state index in [0.29, 0.717) is 6.07 Å². The summed E-state index contributed by atoms with van der Waals surface area (Å²) in [4.78, 5) is 7.96. The maximum Gasteiger partial charge on any atom is 0.397 e. The first-order valence-electron chi connectivity index (χ1n) is 19.2. The highest BCUT2D eigenvalue weighted by molar-refractivity contribution is 7.92. The van der Waals surface area contributed by atoms with Crippen LogP contribution in [0, 0.1) is 0 Å². The molecule has 39 heteroatoms. The number of fused-ring (bicyclic) bond motifs is 1. The first-order valence-corrected chi connectivity index (χ1v) is 30.0. The van der Waals surface area contributed by atoms with Gasteiger partial charge < -0.3 is 16.4 Å². The van der Waals surface area contributed by atoms with Crippen LogP contribution < -0.4 is 16.4 Å². The van der Waals surface area contributed by atoms with Crippen LogP contribution in [0.2, 0.25) is 5.28 Å². The van der Waals surface area contributed by atoms with Crippen LogP contribution in [0.25, 0.3) is 10.8 Å². The molecule has 0 aliphatic rings. The van der Waals surface area contributed by atoms with Crippen molar-refractivity contribution in [3.8, 4) is 0 Å². The van der Waals surface area contributed by atoms with Gasteiger partial charge >= 0.3 is 20.8 Å². The van der Waals surface area contributed by atoms with E-state index < -0.39 is 143 Å². The average molecular weight is 1190 g/mol. The van der Waals surface area contributed by atoms with Crippen LogP contribution in [0.4, 0.5) is 51.7 Å². The Bertz CT molecular complexity index is 4120. The molecule has 74 heavy (non-hydrogen) atoms. The third-order valence-corrected chi connectivity index (χ3v) is 16.3. The number of sulfone groups is 2. The van der Waals surface area contributed by atoms with Gasteiger partial charge in [0.2, 0.25) is 17.2 Å². The number of aromatic nitrogens is 3. The molecule has 396 valence electrons. The highest BCUT2D eigenvalue weighted by atomic mass is 35.5. The molecule has 0 fully saturated rings. The molecule has 6 rings (SSSR count). The zero-order valence-electron chi connectivity index (χ0n) is 36.1. The first kappa shape index (κ1) is 56.9. The Morgan fingerprint density at radius 2 is 0.973 bits per heavy atom. The number of nitrogens with two attached hydrogens (primary N) is 1. The second-order valence-electron chi connectivity index (χ2n) is 14.3. The number of benzene rings is 5. The SMILES string of the molecule is Nc1ccc2cc(N=Nc3cc(Nc4nc(Cl)nc(Nc5ccc(S(=O)(=O)CCOS(=O)(=O)O)cc5)n4)ccc3S(=O)(=O)O)c(S(=O)(=O)O)cc2c1N=Nc1ccc(S(=O)(=O)CCOS(=O)(=O)O)cc1S(=O)(=O)O. The van der Waals surface area contributed by atoms with Crippen molar-refractivity contribution in [1.29, 1.82) is 0 Å². The molecule has 0 aliphatic carbocycles. The van der Waals surface area contributed by atoms with Crippen LogP contribution in [0.3, 0.4) is 0 Å². The highest BCUT2D eigenvalue weighted by Crippen LogP contribution is 2.41. The number of anilines is 5. The van der Waals surface area contributed by atoms with Crippen LogP contribution in [0.15, 0.2) is 130 Å². The van der Waals surface area contributed by atoms with Gasteiger partial charge in [-0.1, -0.05) is 6.07 Å². The Hall–Kier alpha value is -6.37. The molecule has 9 N–H and O–H groups in total. The van der Waals surface area contributed by atoms with Crippen molar-refractivity contribution in [2.45, 2.75) is 24.5 Å². The number of rotatable bonds is 21. The van der Waals surface area contributed by atoms with Crippen LogP contribution in [0.1, 0.15) is 0 Å². The van der Waals surface area contributed by atoms with Crippen molar-refractivity contribution < 1.29 is 90.1 Å². The third-order valence-electron chi connectivity index (χ3n) is 9.21. The quantitative estimate of drug-likeness (QED) is 0.0279. The molecular formula is C35H31ClN10O21S7. The number of nitrogens with zero attached hydrogens (tertiary/aromatic N) is 7. The number of hydrogen-bond acceptors (Lipinski definition) is 26. The van der Waals surface area contributed by atoms with Gasteiger partial charge in [-0.15, -0.1) is 20.5 Å². The number of halogens is 1. The third kappa shape index (κ3) is 15.1. The monoisotopic (exact) mass is 1190 g/mol. The van der Waals surface area contributed by atoms with Crippen molar-refractivity contribution in [2.75, 3.05) is 41.1 Å². The summed E-state index contributed by atoms with van der Waals surface area (Å²) in [6.07, 6.45) is 0. The molecule has 0 atom stereocenters. The van der Waals surface area contributed by atoms with Gasteiger partial charge in [-0.25, -0.2) is 25.2 Å². The summed E-state index contributed by atoms with van der Waals surface area (Å²) >= 11 is 6.10. The fourth-order valence-electron chi connectivity index (χ4n) is 6.02. The molecule has 6 aromatic rings. The molecule has 0 aliphatic heterocycles. The Morgan fingerprint density at radius 3 is 1.51 bits per heavy atom. The van der Waals surface area contributed by atoms with Gasteiger partial charge in [0.05, 0.1) is 40.2 Å². The summed E-state index contributed by atoms with van der Waals surface area (Å²) in [7, 11) is -34.2. The molecule has 5 aromatic carbocycles. The Morgan fingerprint density at radius 1 is 0.500 bits per heavy atom. The van der Waals surface area contributed by atoms with E-state index in [1.807, 2.05) is 0 Å². The van der Waals surface area contributed by atoms with Crippen LogP contribution in [-0.2, 0) is 79.2 Å². The summed E-state index contributed by atoms with van der Waals surface area (Å²) < 4.78 is 225. The molecule has 0 amide bonds. The smallest absolute Gasteiger partial charge is 0.397 e. The van der Waals surface area contributed by atoms with Crippen LogP contribution in [-0.4, -0.2) is 121 Å². The summed E-state index contributed by atoms with van der Waals surface area (Å²) in [6.45, 7) is -1.94. The fraction of sp³-hybridized carbons (Fsp3) is 0.114. The number of azo groups is 2. The van der Waals surface area contributed by atoms with E-state index in [0.717, 1.165) is 54.6 Å². The predicted octanol–water partition coefficient (Wildman–Crippen LogP) is 4.50. The van der Waals surface area contributed by atoms with Gasteiger partial charge in [0.1, 0.15) is 37.4 Å². The van der Waals surface area contributed by atoms with Gasteiger partial charge in [0.15, 0.2) is 19.7 Å². The lowest BCUT2D eigenvalue weighted by molar-refractivity contribution is 0.282. The standard InChI is InChI=1S/C35H31ClN10O21S7/c36-33-40-34(38-20-2-5-22(6-3-20)68(47,48)13-11-66-73(60,61)62)42-35(41-33)39-21-4-10-29(70(51,52)53)28(16-21)45-44-27-15-19-1-8-25(37)32(24(19)18-31(27)72(57,58)59)46-43-26-9-7-23(17-30(26)71(54,55)56)69(49,50)14-12-67-74(63,64)65/h1-10,15-18H,11-14,37H2,(H,51,52,53)(H,54,55,56)(H,57,58,59)(H,60,61,62)(H,63,64,65)(H2,38,39,40,41,42). The number of nitrogens with one attached hydrogen (secondary N) is 2. The first-order chi connectivity index (χ1) is 34.1. The zero-order valence-corrected chi connectivity index (χ0v) is 42.6. The van der Waals surface area contributed by atoms with E-state index in [1.54, 1.807) is 0 Å². The van der Waals surface area contributed by atoms with Gasteiger partial charge in [-0.05, 0) is 95.8 Å². The van der Waals surface area contributed by atoms with E-state index in [1.165, 1.54) is 24.3 Å². The molecule has 0 saturated heterocycles. The lowest BCUT2D eigenvalue weighted by Crippen LogP contribution is -2.16. The molecule has 0 bridgehead atoms. The van der Waals surface area contributed by atoms with Crippen molar-refractivity contribution in [2.24, 2.45) is 20.5 Å². The summed E-state index contributed by atoms with van der Waals surface area (Å²) in [5, 5.41) is 20.1. The second-order valence-corrected chi connectivity index (χ2v) is 25.3. The molecule has 0 unspecified atom stereocenters. The Balaban J connectivity index is 1.31. The minimum absolute atomic E-state index is 0.0180. The minimum Gasteiger partial charge on any atom is -0.397 e. The Labute approximate surface area is 423 Å². The molecule has 31 nitrogen and oxygen atoms in total. The van der Waals surface area contributed by atoms with Crippen molar-refractivity contribution in [1.82, 2.24) is 15.0 Å². The topological polar surface area (TPSA) is 497 Å². The van der Waals surface area contributed by atoms with Gasteiger partial charge in [-0.2, -0.15) is 57.0 Å². The average Bonchev–Trinajstić information content (AvgIpc) is 3.25. The number of hydrogen-bond donors (Lipinski definition) is 8. The molecule has 1 heterocycles. The maximum absolute atomic E-state index is 12.8. The molecule has 1 aromatic heterocycles. The predicted molar refractivity (Wildman–Crippen MR) is 256 cm³/mol. The van der Waals surface area contributed by atoms with E-state index in [-0.39, 0.29) is 44.6 Å². The second kappa shape index (κ2) is 21.5.